The van der Waals surface area contributed by atoms with Crippen molar-refractivity contribution in [1.29, 1.82) is 0 Å². The third-order valence-corrected chi connectivity index (χ3v) is 3.51. The Balaban J connectivity index is 0.00000176. The van der Waals surface area contributed by atoms with Crippen molar-refractivity contribution in [1.82, 2.24) is 0 Å². The number of amides is 1. The number of carbonyl (C=O) groups excluding carboxylic acids is 1. The molecule has 0 saturated heterocycles. The van der Waals surface area contributed by atoms with Gasteiger partial charge in [0.05, 0.1) is 5.69 Å². The molecule has 3 nitrogen and oxygen atoms in total. The Hall–Kier alpha value is -1.58. The highest BCUT2D eigenvalue weighted by Gasteiger charge is 2.62. The van der Waals surface area contributed by atoms with Crippen LogP contribution in [0.25, 0.3) is 0 Å². The molecule has 1 aromatic rings. The first-order valence-electron chi connectivity index (χ1n) is 6.21. The van der Waals surface area contributed by atoms with Crippen LogP contribution in [0, 0.1) is 17.8 Å². The quantitative estimate of drug-likeness (QED) is 0.699. The van der Waals surface area contributed by atoms with Crippen molar-refractivity contribution in [2.45, 2.75) is 24.6 Å². The second-order valence-electron chi connectivity index (χ2n) is 4.93. The van der Waals surface area contributed by atoms with Crippen molar-refractivity contribution in [3.05, 3.63) is 28.8 Å². The Labute approximate surface area is 135 Å². The molecule has 0 unspecified atom stereocenters. The van der Waals surface area contributed by atoms with Crippen LogP contribution < -0.4 is 5.32 Å². The number of halogens is 5. The molecular formula is C14H10Cl2F3NO2. The first-order chi connectivity index (χ1) is 9.82. The van der Waals surface area contributed by atoms with Crippen LogP contribution in [0.15, 0.2) is 18.2 Å². The van der Waals surface area contributed by atoms with Gasteiger partial charge < -0.3 is 4.74 Å². The maximum Gasteiger partial charge on any atom is 0.445 e. The van der Waals surface area contributed by atoms with E-state index in [1.54, 1.807) is 0 Å². The van der Waals surface area contributed by atoms with Gasteiger partial charge in [-0.05, 0) is 37.0 Å². The zero-order chi connectivity index (χ0) is 15.3. The smallest absolute Gasteiger partial charge is 0.415 e. The molecule has 0 bridgehead atoms. The number of hydrogen-bond donors (Lipinski definition) is 1. The molecule has 22 heavy (non-hydrogen) atoms. The van der Waals surface area contributed by atoms with Crippen LogP contribution in [0.1, 0.15) is 18.4 Å². The summed E-state index contributed by atoms with van der Waals surface area (Å²) >= 11 is 5.78. The zero-order valence-corrected chi connectivity index (χ0v) is 12.5. The molecule has 3 rings (SSSR count). The van der Waals surface area contributed by atoms with E-state index in [0.717, 1.165) is 18.9 Å². The lowest BCUT2D eigenvalue weighted by molar-refractivity contribution is -0.239. The number of anilines is 1. The molecule has 118 valence electrons. The van der Waals surface area contributed by atoms with Crippen LogP contribution >= 0.6 is 24.0 Å². The number of nitrogens with one attached hydrogen (secondary N) is 1. The fourth-order valence-corrected chi connectivity index (χ4v) is 2.22. The van der Waals surface area contributed by atoms with Crippen molar-refractivity contribution in [3.8, 4) is 11.8 Å². The van der Waals surface area contributed by atoms with Crippen molar-refractivity contribution in [2.75, 3.05) is 5.32 Å². The number of hydrogen-bond acceptors (Lipinski definition) is 2. The zero-order valence-electron chi connectivity index (χ0n) is 11.0. The van der Waals surface area contributed by atoms with Crippen LogP contribution in [0.2, 0.25) is 5.02 Å². The maximum absolute atomic E-state index is 13.6. The third-order valence-electron chi connectivity index (χ3n) is 3.27. The summed E-state index contributed by atoms with van der Waals surface area (Å²) < 4.78 is 45.4. The summed E-state index contributed by atoms with van der Waals surface area (Å²) in [7, 11) is 0. The first-order valence-corrected chi connectivity index (χ1v) is 6.59. The van der Waals surface area contributed by atoms with Gasteiger partial charge in [-0.2, -0.15) is 13.2 Å². The van der Waals surface area contributed by atoms with Gasteiger partial charge in [0, 0.05) is 16.5 Å². The van der Waals surface area contributed by atoms with E-state index >= 15 is 0 Å². The summed E-state index contributed by atoms with van der Waals surface area (Å²) in [5.74, 6) is 4.60. The number of carbonyl (C=O) groups is 1. The molecule has 1 saturated carbocycles. The minimum Gasteiger partial charge on any atom is -0.415 e. The fourth-order valence-electron chi connectivity index (χ4n) is 2.05. The van der Waals surface area contributed by atoms with Crippen molar-refractivity contribution >= 4 is 35.8 Å². The molecule has 0 spiro atoms. The molecule has 1 amide bonds. The molecule has 1 atom stereocenters. The van der Waals surface area contributed by atoms with Crippen LogP contribution in [-0.2, 0) is 10.3 Å². The van der Waals surface area contributed by atoms with Gasteiger partial charge in [0.2, 0.25) is 0 Å². The number of ether oxygens (including phenoxy) is 1. The van der Waals surface area contributed by atoms with E-state index in [1.165, 1.54) is 12.1 Å². The van der Waals surface area contributed by atoms with Gasteiger partial charge in [-0.3, -0.25) is 5.32 Å². The number of benzene rings is 1. The summed E-state index contributed by atoms with van der Waals surface area (Å²) in [6.45, 7) is 0. The Morgan fingerprint density at radius 2 is 2.05 bits per heavy atom. The Morgan fingerprint density at radius 1 is 1.36 bits per heavy atom. The summed E-state index contributed by atoms with van der Waals surface area (Å²) in [4.78, 5) is 11.5. The number of fused-ring (bicyclic) bond motifs is 1. The predicted octanol–water partition coefficient (Wildman–Crippen LogP) is 4.49. The highest BCUT2D eigenvalue weighted by atomic mass is 35.5. The van der Waals surface area contributed by atoms with E-state index in [2.05, 4.69) is 21.9 Å². The lowest BCUT2D eigenvalue weighted by Gasteiger charge is -2.35. The normalized spacial score (nSPS) is 23.2. The van der Waals surface area contributed by atoms with E-state index in [-0.39, 0.29) is 34.6 Å². The minimum absolute atomic E-state index is 0. The highest BCUT2D eigenvalue weighted by molar-refractivity contribution is 6.30. The second-order valence-corrected chi connectivity index (χ2v) is 5.36. The monoisotopic (exact) mass is 351 g/mol. The van der Waals surface area contributed by atoms with Crippen molar-refractivity contribution in [3.63, 3.8) is 0 Å². The van der Waals surface area contributed by atoms with Gasteiger partial charge in [0.1, 0.15) is 0 Å². The number of alkyl halides is 3. The minimum atomic E-state index is -4.87. The summed E-state index contributed by atoms with van der Waals surface area (Å²) in [5.41, 5.74) is -3.27. The largest absolute Gasteiger partial charge is 0.445 e. The summed E-state index contributed by atoms with van der Waals surface area (Å²) in [6.07, 6.45) is -4.54. The molecular weight excluding hydrogens is 342 g/mol. The van der Waals surface area contributed by atoms with Gasteiger partial charge >= 0.3 is 12.3 Å². The van der Waals surface area contributed by atoms with Crippen LogP contribution in [0.4, 0.5) is 23.7 Å². The van der Waals surface area contributed by atoms with Crippen molar-refractivity contribution in [2.24, 2.45) is 5.92 Å². The van der Waals surface area contributed by atoms with Gasteiger partial charge in [0.25, 0.3) is 5.60 Å². The van der Waals surface area contributed by atoms with Gasteiger partial charge in [-0.1, -0.05) is 17.5 Å². The van der Waals surface area contributed by atoms with E-state index in [4.69, 9.17) is 11.6 Å². The summed E-state index contributed by atoms with van der Waals surface area (Å²) in [5, 5.41) is 2.34. The van der Waals surface area contributed by atoms with Crippen molar-refractivity contribution < 1.29 is 22.7 Å². The van der Waals surface area contributed by atoms with Gasteiger partial charge in [-0.25, -0.2) is 4.79 Å². The molecule has 2 aliphatic rings. The Kier molecular flexibility index (Phi) is 4.24. The standard InChI is InChI=1S/C14H9ClF3NO2.ClH/c15-9-3-4-11-10(7-9)13(14(16,17)18,21-12(20)19-11)6-5-8-1-2-8;/h3-4,7-8H,1-2H2,(H,19,20);1H/t13-;/m0./s1. The average molecular weight is 352 g/mol. The van der Waals surface area contributed by atoms with Crippen LogP contribution in [0.3, 0.4) is 0 Å². The number of cyclic esters (lactones) is 1. The average Bonchev–Trinajstić information content (AvgIpc) is 3.19. The highest BCUT2D eigenvalue weighted by Crippen LogP contribution is 2.48. The predicted molar refractivity (Wildman–Crippen MR) is 77.0 cm³/mol. The van der Waals surface area contributed by atoms with Gasteiger partial charge in [0.15, 0.2) is 0 Å². The van der Waals surface area contributed by atoms with E-state index in [1.807, 2.05) is 0 Å². The molecule has 1 aliphatic carbocycles. The molecule has 1 aliphatic heterocycles. The SMILES string of the molecule is Cl.O=C1Nc2ccc(Cl)cc2[C@@](C#CC2CC2)(C(F)(F)F)O1. The van der Waals surface area contributed by atoms with E-state index < -0.39 is 17.9 Å². The molecule has 0 aromatic heterocycles. The molecule has 1 fully saturated rings. The molecule has 8 heteroatoms. The molecule has 1 heterocycles. The first kappa shape index (κ1) is 16.8. The second kappa shape index (κ2) is 5.56. The Morgan fingerprint density at radius 3 is 2.64 bits per heavy atom. The topological polar surface area (TPSA) is 38.3 Å². The van der Waals surface area contributed by atoms with Gasteiger partial charge in [-0.15, -0.1) is 12.4 Å². The van der Waals surface area contributed by atoms with Crippen LogP contribution in [-0.4, -0.2) is 12.3 Å². The maximum atomic E-state index is 13.6. The Bertz CT molecular complexity index is 677. The lowest BCUT2D eigenvalue weighted by Crippen LogP contribution is -2.49. The lowest BCUT2D eigenvalue weighted by atomic mass is 9.90. The third kappa shape index (κ3) is 2.83. The molecule has 0 radical (unpaired) electrons. The molecule has 1 N–H and O–H groups in total. The van der Waals surface area contributed by atoms with E-state index in [9.17, 15) is 18.0 Å². The summed E-state index contributed by atoms with van der Waals surface area (Å²) in [6, 6.07) is 3.81. The van der Waals surface area contributed by atoms with E-state index in [0.29, 0.717) is 0 Å². The number of rotatable bonds is 0. The van der Waals surface area contributed by atoms with Crippen LogP contribution in [0.5, 0.6) is 0 Å². The fraction of sp³-hybridized carbons (Fsp3) is 0.357. The molecule has 1 aromatic carbocycles.